The highest BCUT2D eigenvalue weighted by atomic mass is 19.1. The van der Waals surface area contributed by atoms with Crippen molar-refractivity contribution in [3.63, 3.8) is 0 Å². The fourth-order valence-electron chi connectivity index (χ4n) is 2.86. The van der Waals surface area contributed by atoms with Crippen LogP contribution in [0, 0.1) is 12.7 Å². The maximum atomic E-state index is 13.5. The molecule has 2 aromatic rings. The van der Waals surface area contributed by atoms with Gasteiger partial charge in [-0.2, -0.15) is 15.4 Å². The molecule has 1 saturated heterocycles. The van der Waals surface area contributed by atoms with Gasteiger partial charge in [0, 0.05) is 6.54 Å². The lowest BCUT2D eigenvalue weighted by Gasteiger charge is -2.35. The Morgan fingerprint density at radius 1 is 1.38 bits per heavy atom. The minimum atomic E-state index is -0.275. The highest BCUT2D eigenvalue weighted by Gasteiger charge is 2.31. The Morgan fingerprint density at radius 2 is 2.24 bits per heavy atom. The van der Waals surface area contributed by atoms with Gasteiger partial charge in [-0.05, 0) is 43.9 Å². The van der Waals surface area contributed by atoms with E-state index in [1.165, 1.54) is 12.1 Å². The van der Waals surface area contributed by atoms with E-state index < -0.39 is 0 Å². The fourth-order valence-corrected chi connectivity index (χ4v) is 2.86. The molecule has 0 unspecified atom stereocenters. The number of carbonyl (C=O) groups is 1. The summed E-state index contributed by atoms with van der Waals surface area (Å²) in [4.78, 5) is 14.4. The number of nitrogens with zero attached hydrogens (tertiary/aromatic N) is 3. The molecule has 1 atom stereocenters. The molecule has 1 aromatic carbocycles. The Bertz CT molecular complexity index is 655. The van der Waals surface area contributed by atoms with Crippen molar-refractivity contribution in [3.05, 3.63) is 47.0 Å². The van der Waals surface area contributed by atoms with E-state index in [1.807, 2.05) is 6.07 Å². The molecule has 110 valence electrons. The number of aromatic amines is 1. The molecule has 0 aliphatic carbocycles. The van der Waals surface area contributed by atoms with E-state index in [1.54, 1.807) is 17.9 Å². The molecule has 1 aliphatic heterocycles. The minimum absolute atomic E-state index is 0.0990. The van der Waals surface area contributed by atoms with Crippen LogP contribution in [0.1, 0.15) is 47.1 Å². The van der Waals surface area contributed by atoms with Crippen molar-refractivity contribution < 1.29 is 9.18 Å². The summed E-state index contributed by atoms with van der Waals surface area (Å²) in [5.74, 6) is -0.418. The SMILES string of the molecule is Cc1n[nH]nc1C(=O)N1CCCC[C@@H]1c1cccc(F)c1. The van der Waals surface area contributed by atoms with Gasteiger partial charge >= 0.3 is 0 Å². The second-order valence-electron chi connectivity index (χ2n) is 5.32. The molecule has 1 amide bonds. The summed E-state index contributed by atoms with van der Waals surface area (Å²) in [5.41, 5.74) is 1.77. The molecule has 1 aliphatic rings. The van der Waals surface area contributed by atoms with Crippen LogP contribution in [-0.2, 0) is 0 Å². The fraction of sp³-hybridized carbons (Fsp3) is 0.400. The van der Waals surface area contributed by atoms with Crippen LogP contribution in [0.25, 0.3) is 0 Å². The Kier molecular flexibility index (Phi) is 3.68. The van der Waals surface area contributed by atoms with Crippen molar-refractivity contribution in [2.45, 2.75) is 32.2 Å². The topological polar surface area (TPSA) is 61.9 Å². The summed E-state index contributed by atoms with van der Waals surface area (Å²) >= 11 is 0. The van der Waals surface area contributed by atoms with E-state index in [0.29, 0.717) is 17.9 Å². The first kappa shape index (κ1) is 13.7. The average Bonchev–Trinajstić information content (AvgIpc) is 2.93. The first-order valence-electron chi connectivity index (χ1n) is 7.10. The lowest BCUT2D eigenvalue weighted by Crippen LogP contribution is -2.39. The van der Waals surface area contributed by atoms with Gasteiger partial charge in [0.1, 0.15) is 5.82 Å². The number of carbonyl (C=O) groups excluding carboxylic acids is 1. The number of nitrogens with one attached hydrogen (secondary N) is 1. The predicted molar refractivity (Wildman–Crippen MR) is 75.1 cm³/mol. The standard InChI is InChI=1S/C15H17FN4O/c1-10-14(18-19-17-10)15(21)20-8-3-2-7-13(20)11-5-4-6-12(16)9-11/h4-6,9,13H,2-3,7-8H2,1H3,(H,17,18,19)/t13-/m1/s1. The molecule has 5 nitrogen and oxygen atoms in total. The van der Waals surface area contributed by atoms with Gasteiger partial charge in [0.05, 0.1) is 11.7 Å². The van der Waals surface area contributed by atoms with E-state index in [4.69, 9.17) is 0 Å². The Morgan fingerprint density at radius 3 is 2.95 bits per heavy atom. The second-order valence-corrected chi connectivity index (χ2v) is 5.32. The van der Waals surface area contributed by atoms with Gasteiger partial charge in [0.25, 0.3) is 5.91 Å². The van der Waals surface area contributed by atoms with Gasteiger partial charge in [-0.1, -0.05) is 12.1 Å². The molecular weight excluding hydrogens is 271 g/mol. The van der Waals surface area contributed by atoms with E-state index in [2.05, 4.69) is 15.4 Å². The molecule has 1 aromatic heterocycles. The summed E-state index contributed by atoms with van der Waals surface area (Å²) in [6.07, 6.45) is 2.82. The number of aryl methyl sites for hydroxylation is 1. The molecule has 0 saturated carbocycles. The normalized spacial score (nSPS) is 18.8. The largest absolute Gasteiger partial charge is 0.330 e. The summed E-state index contributed by atoms with van der Waals surface area (Å²) in [5, 5.41) is 10.3. The number of aromatic nitrogens is 3. The third-order valence-corrected chi connectivity index (χ3v) is 3.92. The van der Waals surface area contributed by atoms with Crippen molar-refractivity contribution in [2.24, 2.45) is 0 Å². The number of rotatable bonds is 2. The van der Waals surface area contributed by atoms with Gasteiger partial charge in [-0.15, -0.1) is 0 Å². The smallest absolute Gasteiger partial charge is 0.276 e. The third-order valence-electron chi connectivity index (χ3n) is 3.92. The van der Waals surface area contributed by atoms with Crippen LogP contribution >= 0.6 is 0 Å². The van der Waals surface area contributed by atoms with E-state index in [-0.39, 0.29) is 17.8 Å². The number of benzene rings is 1. The van der Waals surface area contributed by atoms with Crippen molar-refractivity contribution in [2.75, 3.05) is 6.54 Å². The molecule has 0 spiro atoms. The summed E-state index contributed by atoms with van der Waals surface area (Å²) in [7, 11) is 0. The molecule has 3 rings (SSSR count). The average molecular weight is 288 g/mol. The molecule has 2 heterocycles. The lowest BCUT2D eigenvalue weighted by atomic mass is 9.94. The molecule has 1 fully saturated rings. The summed E-state index contributed by atoms with van der Waals surface area (Å²) in [6, 6.07) is 6.38. The zero-order valence-electron chi connectivity index (χ0n) is 11.8. The molecule has 21 heavy (non-hydrogen) atoms. The molecule has 1 N–H and O–H groups in total. The van der Waals surface area contributed by atoms with Crippen molar-refractivity contribution >= 4 is 5.91 Å². The summed E-state index contributed by atoms with van der Waals surface area (Å²) < 4.78 is 13.5. The number of hydrogen-bond acceptors (Lipinski definition) is 3. The minimum Gasteiger partial charge on any atom is -0.330 e. The highest BCUT2D eigenvalue weighted by Crippen LogP contribution is 2.32. The van der Waals surface area contributed by atoms with Crippen LogP contribution in [-0.4, -0.2) is 32.8 Å². The van der Waals surface area contributed by atoms with Gasteiger partial charge < -0.3 is 4.90 Å². The van der Waals surface area contributed by atoms with Gasteiger partial charge in [0.2, 0.25) is 0 Å². The number of hydrogen-bond donors (Lipinski definition) is 1. The molecular formula is C15H17FN4O. The van der Waals surface area contributed by atoms with Crippen LogP contribution in [0.2, 0.25) is 0 Å². The monoisotopic (exact) mass is 288 g/mol. The molecule has 0 radical (unpaired) electrons. The zero-order chi connectivity index (χ0) is 14.8. The Hall–Kier alpha value is -2.24. The van der Waals surface area contributed by atoms with Crippen molar-refractivity contribution in [3.8, 4) is 0 Å². The first-order chi connectivity index (χ1) is 10.2. The van der Waals surface area contributed by atoms with E-state index in [9.17, 15) is 9.18 Å². The third kappa shape index (κ3) is 2.66. The van der Waals surface area contributed by atoms with Crippen LogP contribution in [0.5, 0.6) is 0 Å². The molecule has 6 heteroatoms. The van der Waals surface area contributed by atoms with Crippen LogP contribution < -0.4 is 0 Å². The number of amides is 1. The van der Waals surface area contributed by atoms with E-state index >= 15 is 0 Å². The maximum Gasteiger partial charge on any atom is 0.276 e. The highest BCUT2D eigenvalue weighted by molar-refractivity contribution is 5.93. The van der Waals surface area contributed by atoms with Crippen LogP contribution in [0.4, 0.5) is 4.39 Å². The predicted octanol–water partition coefficient (Wildman–Crippen LogP) is 2.62. The van der Waals surface area contributed by atoms with Gasteiger partial charge in [0.15, 0.2) is 5.69 Å². The number of piperidine rings is 1. The van der Waals surface area contributed by atoms with Gasteiger partial charge in [-0.25, -0.2) is 4.39 Å². The van der Waals surface area contributed by atoms with Crippen molar-refractivity contribution in [1.82, 2.24) is 20.3 Å². The quantitative estimate of drug-likeness (QED) is 0.924. The second kappa shape index (κ2) is 5.63. The maximum absolute atomic E-state index is 13.5. The van der Waals surface area contributed by atoms with E-state index in [0.717, 1.165) is 24.8 Å². The zero-order valence-corrected chi connectivity index (χ0v) is 11.8. The molecule has 0 bridgehead atoms. The lowest BCUT2D eigenvalue weighted by molar-refractivity contribution is 0.0604. The number of halogens is 1. The Balaban J connectivity index is 1.92. The number of H-pyrrole nitrogens is 1. The summed E-state index contributed by atoms with van der Waals surface area (Å²) in [6.45, 7) is 2.41. The van der Waals surface area contributed by atoms with Crippen LogP contribution in [0.3, 0.4) is 0 Å². The van der Waals surface area contributed by atoms with Crippen molar-refractivity contribution in [1.29, 1.82) is 0 Å². The van der Waals surface area contributed by atoms with Gasteiger partial charge in [-0.3, -0.25) is 4.79 Å². The van der Waals surface area contributed by atoms with Crippen LogP contribution in [0.15, 0.2) is 24.3 Å². The Labute approximate surface area is 122 Å². The first-order valence-corrected chi connectivity index (χ1v) is 7.10. The number of likely N-dealkylation sites (tertiary alicyclic amines) is 1.